The molecule has 2 aromatic heterocycles. The summed E-state index contributed by atoms with van der Waals surface area (Å²) >= 11 is 0. The Kier molecular flexibility index (Phi) is 6.07. The van der Waals surface area contributed by atoms with Gasteiger partial charge in [-0.25, -0.2) is 4.79 Å². The number of methoxy groups -OCH3 is 1. The van der Waals surface area contributed by atoms with Gasteiger partial charge in [-0.15, -0.1) is 10.2 Å². The smallest absolute Gasteiger partial charge is 0.321 e. The number of carbonyl (C=O) groups is 1. The van der Waals surface area contributed by atoms with Gasteiger partial charge in [-0.1, -0.05) is 26.8 Å². The second-order valence-corrected chi connectivity index (χ2v) is 9.17. The fraction of sp³-hybridized carbons (Fsp3) is 0.435. The van der Waals surface area contributed by atoms with Gasteiger partial charge in [0.1, 0.15) is 5.75 Å². The van der Waals surface area contributed by atoms with Gasteiger partial charge >= 0.3 is 6.03 Å². The van der Waals surface area contributed by atoms with E-state index in [9.17, 15) is 4.79 Å². The molecule has 9 heteroatoms. The van der Waals surface area contributed by atoms with Crippen molar-refractivity contribution in [1.82, 2.24) is 30.5 Å². The Morgan fingerprint density at radius 2 is 1.94 bits per heavy atom. The van der Waals surface area contributed by atoms with Gasteiger partial charge in [0.25, 0.3) is 0 Å². The van der Waals surface area contributed by atoms with Crippen LogP contribution in [0.4, 0.5) is 10.5 Å². The van der Waals surface area contributed by atoms with E-state index in [1.54, 1.807) is 19.5 Å². The number of urea groups is 1. The minimum absolute atomic E-state index is 0.0905. The minimum Gasteiger partial charge on any atom is -0.495 e. The van der Waals surface area contributed by atoms with Crippen LogP contribution in [0.15, 0.2) is 36.7 Å². The van der Waals surface area contributed by atoms with Crippen molar-refractivity contribution in [2.75, 3.05) is 25.5 Å². The lowest BCUT2D eigenvalue weighted by atomic mass is 9.75. The fourth-order valence-corrected chi connectivity index (χ4v) is 4.16. The maximum Gasteiger partial charge on any atom is 0.321 e. The molecule has 1 saturated heterocycles. The standard InChI is InChI=1S/C23H29N7O2/c1-23(2,3)16-7-9-30(10-8-16)22(31)25-17-5-6-19(15-11-18(32-4)14-24-13-15)20(12-17)21-26-28-29-27-21/h5-6,11-14,16H,7-10H2,1-4H3,(H,25,31)(H,26,27,28,29). The first-order valence-corrected chi connectivity index (χ1v) is 10.8. The number of benzene rings is 1. The summed E-state index contributed by atoms with van der Waals surface area (Å²) in [5.41, 5.74) is 3.39. The molecule has 32 heavy (non-hydrogen) atoms. The van der Waals surface area contributed by atoms with Crippen molar-refractivity contribution in [1.29, 1.82) is 0 Å². The summed E-state index contributed by atoms with van der Waals surface area (Å²) in [5.74, 6) is 1.72. The summed E-state index contributed by atoms with van der Waals surface area (Å²) in [4.78, 5) is 19.0. The van der Waals surface area contributed by atoms with Crippen LogP contribution in [0.2, 0.25) is 0 Å². The summed E-state index contributed by atoms with van der Waals surface area (Å²) in [6.07, 6.45) is 5.44. The van der Waals surface area contributed by atoms with E-state index in [1.807, 2.05) is 29.2 Å². The van der Waals surface area contributed by atoms with Crippen LogP contribution in [0.25, 0.3) is 22.5 Å². The Morgan fingerprint density at radius 3 is 2.59 bits per heavy atom. The SMILES string of the molecule is COc1cncc(-c2ccc(NC(=O)N3CCC(C(C)(C)C)CC3)cc2-c2nn[nH]n2)c1. The average Bonchev–Trinajstić information content (AvgIpc) is 3.33. The topological polar surface area (TPSA) is 109 Å². The summed E-state index contributed by atoms with van der Waals surface area (Å²) in [5, 5.41) is 17.5. The van der Waals surface area contributed by atoms with Gasteiger partial charge in [-0.2, -0.15) is 5.21 Å². The van der Waals surface area contributed by atoms with Gasteiger partial charge in [0.15, 0.2) is 0 Å². The van der Waals surface area contributed by atoms with E-state index < -0.39 is 0 Å². The highest BCUT2D eigenvalue weighted by atomic mass is 16.5. The lowest BCUT2D eigenvalue weighted by Crippen LogP contribution is -2.43. The Balaban J connectivity index is 1.55. The predicted molar refractivity (Wildman–Crippen MR) is 122 cm³/mol. The third-order valence-corrected chi connectivity index (χ3v) is 6.12. The number of aromatic amines is 1. The highest BCUT2D eigenvalue weighted by Crippen LogP contribution is 2.35. The zero-order chi connectivity index (χ0) is 22.7. The molecule has 0 atom stereocenters. The molecule has 2 N–H and O–H groups in total. The number of rotatable bonds is 4. The van der Waals surface area contributed by atoms with Gasteiger partial charge in [-0.05, 0) is 53.2 Å². The van der Waals surface area contributed by atoms with E-state index in [0.717, 1.165) is 42.6 Å². The van der Waals surface area contributed by atoms with Crippen LogP contribution < -0.4 is 10.1 Å². The summed E-state index contributed by atoms with van der Waals surface area (Å²) in [7, 11) is 1.60. The highest BCUT2D eigenvalue weighted by molar-refractivity contribution is 5.92. The second-order valence-electron chi connectivity index (χ2n) is 9.17. The molecule has 0 saturated carbocycles. The van der Waals surface area contributed by atoms with E-state index in [2.05, 4.69) is 51.7 Å². The first-order valence-electron chi connectivity index (χ1n) is 10.8. The predicted octanol–water partition coefficient (Wildman–Crippen LogP) is 4.23. The second kappa shape index (κ2) is 8.94. The number of anilines is 1. The van der Waals surface area contributed by atoms with Crippen LogP contribution >= 0.6 is 0 Å². The maximum absolute atomic E-state index is 12.9. The maximum atomic E-state index is 12.9. The largest absolute Gasteiger partial charge is 0.495 e. The van der Waals surface area contributed by atoms with E-state index in [-0.39, 0.29) is 11.4 Å². The molecular formula is C23H29N7O2. The lowest BCUT2D eigenvalue weighted by Gasteiger charge is -2.38. The Morgan fingerprint density at radius 1 is 1.16 bits per heavy atom. The van der Waals surface area contributed by atoms with E-state index in [0.29, 0.717) is 23.2 Å². The number of pyridine rings is 1. The summed E-state index contributed by atoms with van der Waals surface area (Å²) < 4.78 is 5.30. The zero-order valence-electron chi connectivity index (χ0n) is 18.9. The number of H-pyrrole nitrogens is 1. The van der Waals surface area contributed by atoms with Crippen molar-refractivity contribution in [3.63, 3.8) is 0 Å². The molecule has 0 spiro atoms. The van der Waals surface area contributed by atoms with Crippen LogP contribution in [0.1, 0.15) is 33.6 Å². The van der Waals surface area contributed by atoms with Crippen molar-refractivity contribution >= 4 is 11.7 Å². The van der Waals surface area contributed by atoms with Gasteiger partial charge in [0.05, 0.1) is 13.3 Å². The van der Waals surface area contributed by atoms with Crippen molar-refractivity contribution in [3.8, 4) is 28.3 Å². The van der Waals surface area contributed by atoms with E-state index in [4.69, 9.17) is 4.74 Å². The lowest BCUT2D eigenvalue weighted by molar-refractivity contribution is 0.128. The van der Waals surface area contributed by atoms with Crippen LogP contribution in [0.5, 0.6) is 5.75 Å². The molecule has 0 unspecified atom stereocenters. The minimum atomic E-state index is -0.0905. The van der Waals surface area contributed by atoms with Crippen molar-refractivity contribution < 1.29 is 9.53 Å². The zero-order valence-corrected chi connectivity index (χ0v) is 18.9. The molecule has 0 aliphatic carbocycles. The number of carbonyl (C=O) groups excluding carboxylic acids is 1. The Labute approximate surface area is 187 Å². The van der Waals surface area contributed by atoms with Crippen LogP contribution in [-0.2, 0) is 0 Å². The summed E-state index contributed by atoms with van der Waals surface area (Å²) in [6.45, 7) is 8.34. The molecular weight excluding hydrogens is 406 g/mol. The molecule has 3 heterocycles. The fourth-order valence-electron chi connectivity index (χ4n) is 4.16. The number of nitrogens with zero attached hydrogens (tertiary/aromatic N) is 5. The summed E-state index contributed by atoms with van der Waals surface area (Å²) in [6, 6.07) is 7.46. The average molecular weight is 436 g/mol. The number of likely N-dealkylation sites (tertiary alicyclic amines) is 1. The molecule has 2 amide bonds. The molecule has 1 aliphatic heterocycles. The van der Waals surface area contributed by atoms with E-state index >= 15 is 0 Å². The third-order valence-electron chi connectivity index (χ3n) is 6.12. The molecule has 3 aromatic rings. The number of hydrogen-bond acceptors (Lipinski definition) is 6. The van der Waals surface area contributed by atoms with Gasteiger partial charge in [0, 0.05) is 36.1 Å². The Hall–Kier alpha value is -3.49. The van der Waals surface area contributed by atoms with Crippen LogP contribution in [-0.4, -0.2) is 56.7 Å². The molecule has 1 aliphatic rings. The van der Waals surface area contributed by atoms with Crippen molar-refractivity contribution in [2.45, 2.75) is 33.6 Å². The molecule has 4 rings (SSSR count). The number of hydrogen-bond donors (Lipinski definition) is 2. The monoisotopic (exact) mass is 435 g/mol. The Bertz CT molecular complexity index is 1070. The first kappa shape index (κ1) is 21.7. The molecule has 1 aromatic carbocycles. The number of aromatic nitrogens is 5. The molecule has 9 nitrogen and oxygen atoms in total. The van der Waals surface area contributed by atoms with Crippen LogP contribution in [0, 0.1) is 11.3 Å². The third kappa shape index (κ3) is 4.71. The molecule has 0 bridgehead atoms. The quantitative estimate of drug-likeness (QED) is 0.635. The number of piperidine rings is 1. The van der Waals surface area contributed by atoms with Crippen molar-refractivity contribution in [3.05, 3.63) is 36.7 Å². The van der Waals surface area contributed by atoms with Crippen LogP contribution in [0.3, 0.4) is 0 Å². The van der Waals surface area contributed by atoms with E-state index in [1.165, 1.54) is 0 Å². The normalized spacial score (nSPS) is 14.9. The number of ether oxygens (including phenoxy) is 1. The first-order chi connectivity index (χ1) is 15.3. The van der Waals surface area contributed by atoms with Gasteiger partial charge in [0.2, 0.25) is 5.82 Å². The number of tetrazole rings is 1. The van der Waals surface area contributed by atoms with Gasteiger partial charge < -0.3 is 15.0 Å². The molecule has 1 fully saturated rings. The number of nitrogens with one attached hydrogen (secondary N) is 2. The molecule has 0 radical (unpaired) electrons. The van der Waals surface area contributed by atoms with Crippen molar-refractivity contribution in [2.24, 2.45) is 11.3 Å². The highest BCUT2D eigenvalue weighted by Gasteiger charge is 2.30. The molecule has 168 valence electrons. The number of amides is 2. The van der Waals surface area contributed by atoms with Gasteiger partial charge in [-0.3, -0.25) is 4.98 Å².